The van der Waals surface area contributed by atoms with Crippen LogP contribution < -0.4 is 10.7 Å². The molecular weight excluding hydrogens is 369 g/mol. The molecule has 3 aromatic carbocycles. The Labute approximate surface area is 167 Å². The van der Waals surface area contributed by atoms with Crippen LogP contribution in [0.5, 0.6) is 0 Å². The molecule has 6 heteroatoms. The van der Waals surface area contributed by atoms with Gasteiger partial charge in [-0.25, -0.2) is 4.39 Å². The molecule has 1 fully saturated rings. The zero-order valence-corrected chi connectivity index (χ0v) is 15.5. The number of carbonyl (C=O) groups excluding carboxylic acids is 2. The van der Waals surface area contributed by atoms with E-state index in [0.29, 0.717) is 0 Å². The van der Waals surface area contributed by atoms with E-state index in [9.17, 15) is 14.0 Å². The van der Waals surface area contributed by atoms with Crippen LogP contribution >= 0.6 is 0 Å². The molecule has 0 spiro atoms. The van der Waals surface area contributed by atoms with Crippen LogP contribution in [0, 0.1) is 5.82 Å². The van der Waals surface area contributed by atoms with E-state index < -0.39 is 23.8 Å². The first-order chi connectivity index (χ1) is 14.1. The lowest BCUT2D eigenvalue weighted by Gasteiger charge is -2.14. The monoisotopic (exact) mass is 388 g/mol. The summed E-state index contributed by atoms with van der Waals surface area (Å²) in [7, 11) is 0. The molecule has 29 heavy (non-hydrogen) atoms. The van der Waals surface area contributed by atoms with Gasteiger partial charge in [0.05, 0.1) is 0 Å². The fourth-order valence-corrected chi connectivity index (χ4v) is 3.36. The van der Waals surface area contributed by atoms with E-state index in [4.69, 9.17) is 0 Å². The average Bonchev–Trinajstić information content (AvgIpc) is 3.04. The molecule has 4 rings (SSSR count). The van der Waals surface area contributed by atoms with Crippen molar-refractivity contribution in [2.24, 2.45) is 0 Å². The molecule has 0 unspecified atom stereocenters. The van der Waals surface area contributed by atoms with E-state index in [2.05, 4.69) is 10.7 Å². The maximum Gasteiger partial charge on any atom is 0.304 e. The average molecular weight is 388 g/mol. The fourth-order valence-electron chi connectivity index (χ4n) is 3.36. The predicted molar refractivity (Wildman–Crippen MR) is 107 cm³/mol. The SMILES string of the molecule is O=C(N[C@H]1C(=O)N/[N+](=C\c2ccccc2)[C@@H]1c1ccccc1)c1ccc(F)cc1. The quantitative estimate of drug-likeness (QED) is 0.676. The maximum absolute atomic E-state index is 13.2. The van der Waals surface area contributed by atoms with Crippen LogP contribution in [-0.2, 0) is 4.79 Å². The van der Waals surface area contributed by atoms with Gasteiger partial charge in [0.25, 0.3) is 5.91 Å². The summed E-state index contributed by atoms with van der Waals surface area (Å²) >= 11 is 0. The van der Waals surface area contributed by atoms with Crippen molar-refractivity contribution in [3.8, 4) is 0 Å². The van der Waals surface area contributed by atoms with Gasteiger partial charge in [-0.15, -0.1) is 10.1 Å². The summed E-state index contributed by atoms with van der Waals surface area (Å²) in [5.74, 6) is -1.18. The Kier molecular flexibility index (Phi) is 5.16. The fraction of sp³-hybridized carbons (Fsp3) is 0.0870. The summed E-state index contributed by atoms with van der Waals surface area (Å²) in [4.78, 5) is 25.4. The van der Waals surface area contributed by atoms with Gasteiger partial charge >= 0.3 is 5.91 Å². The number of hydrogen-bond donors (Lipinski definition) is 2. The topological polar surface area (TPSA) is 61.2 Å². The number of hydrogen-bond acceptors (Lipinski definition) is 2. The molecule has 0 bridgehead atoms. The molecule has 144 valence electrons. The van der Waals surface area contributed by atoms with Gasteiger partial charge in [0.1, 0.15) is 5.82 Å². The first-order valence-corrected chi connectivity index (χ1v) is 9.22. The Morgan fingerprint density at radius 2 is 1.55 bits per heavy atom. The van der Waals surface area contributed by atoms with Crippen molar-refractivity contribution in [2.75, 3.05) is 0 Å². The standard InChI is InChI=1S/C23H18FN3O2/c24-19-13-11-18(12-14-19)22(28)25-20-21(17-9-5-2-6-10-17)27(26-23(20)29)15-16-7-3-1-4-8-16/h1-15,20-21H,(H-,25,26,28,29)/p+1/b27-15-/t20-,21-/m1/s1. The van der Waals surface area contributed by atoms with Crippen molar-refractivity contribution in [3.05, 3.63) is 107 Å². The molecule has 3 aromatic rings. The number of hydrazine groups is 1. The summed E-state index contributed by atoms with van der Waals surface area (Å²) in [6.45, 7) is 0. The highest BCUT2D eigenvalue weighted by Gasteiger charge is 2.47. The van der Waals surface area contributed by atoms with Crippen molar-refractivity contribution in [1.29, 1.82) is 0 Å². The summed E-state index contributed by atoms with van der Waals surface area (Å²) in [5, 5.41) is 2.79. The number of hydrazone groups is 1. The summed E-state index contributed by atoms with van der Waals surface area (Å²) in [6.07, 6.45) is 1.83. The third-order valence-electron chi connectivity index (χ3n) is 4.76. The number of halogens is 1. The summed E-state index contributed by atoms with van der Waals surface area (Å²) in [6, 6.07) is 23.1. The second-order valence-corrected chi connectivity index (χ2v) is 6.74. The number of nitrogens with zero attached hydrogens (tertiary/aromatic N) is 1. The van der Waals surface area contributed by atoms with Crippen LogP contribution in [0.2, 0.25) is 0 Å². The van der Waals surface area contributed by atoms with Crippen LogP contribution in [0.25, 0.3) is 0 Å². The lowest BCUT2D eigenvalue weighted by atomic mass is 10.00. The second kappa shape index (κ2) is 8.06. The third-order valence-corrected chi connectivity index (χ3v) is 4.76. The minimum Gasteiger partial charge on any atom is -0.334 e. The maximum atomic E-state index is 13.2. The minimum atomic E-state index is -0.810. The highest BCUT2D eigenvalue weighted by molar-refractivity contribution is 5.98. The van der Waals surface area contributed by atoms with Crippen LogP contribution in [0.4, 0.5) is 4.39 Å². The van der Waals surface area contributed by atoms with E-state index in [1.807, 2.05) is 66.9 Å². The Bertz CT molecular complexity index is 1050. The van der Waals surface area contributed by atoms with Crippen LogP contribution in [-0.4, -0.2) is 28.8 Å². The molecule has 2 atom stereocenters. The predicted octanol–water partition coefficient (Wildman–Crippen LogP) is 2.84. The van der Waals surface area contributed by atoms with Gasteiger partial charge in [-0.05, 0) is 36.4 Å². The lowest BCUT2D eigenvalue weighted by molar-refractivity contribution is -0.596. The van der Waals surface area contributed by atoms with Crippen molar-refractivity contribution in [1.82, 2.24) is 10.7 Å². The van der Waals surface area contributed by atoms with Crippen molar-refractivity contribution in [3.63, 3.8) is 0 Å². The number of benzene rings is 3. The zero-order valence-electron chi connectivity index (χ0n) is 15.5. The van der Waals surface area contributed by atoms with E-state index in [0.717, 1.165) is 11.1 Å². The Hall–Kier alpha value is -3.80. The molecule has 0 aliphatic carbocycles. The molecule has 0 aromatic heterocycles. The van der Waals surface area contributed by atoms with Crippen LogP contribution in [0.3, 0.4) is 0 Å². The van der Waals surface area contributed by atoms with E-state index in [-0.39, 0.29) is 11.5 Å². The van der Waals surface area contributed by atoms with E-state index in [1.54, 1.807) is 4.68 Å². The summed E-state index contributed by atoms with van der Waals surface area (Å²) in [5.41, 5.74) is 4.91. The summed E-state index contributed by atoms with van der Waals surface area (Å²) < 4.78 is 14.9. The second-order valence-electron chi connectivity index (χ2n) is 6.74. The number of nitrogens with one attached hydrogen (secondary N) is 2. The Morgan fingerprint density at radius 1 is 0.931 bits per heavy atom. The lowest BCUT2D eigenvalue weighted by Crippen LogP contribution is -2.42. The first-order valence-electron chi connectivity index (χ1n) is 9.22. The Balaban J connectivity index is 1.68. The van der Waals surface area contributed by atoms with Gasteiger partial charge in [-0.1, -0.05) is 48.5 Å². The molecule has 1 heterocycles. The zero-order chi connectivity index (χ0) is 20.2. The van der Waals surface area contributed by atoms with Crippen LogP contribution in [0.15, 0.2) is 84.9 Å². The number of rotatable bonds is 4. The molecule has 5 nitrogen and oxygen atoms in total. The highest BCUT2D eigenvalue weighted by atomic mass is 19.1. The van der Waals surface area contributed by atoms with Crippen molar-refractivity contribution >= 4 is 18.0 Å². The molecule has 2 N–H and O–H groups in total. The van der Waals surface area contributed by atoms with Crippen molar-refractivity contribution < 1.29 is 18.7 Å². The molecule has 0 radical (unpaired) electrons. The van der Waals surface area contributed by atoms with Gasteiger partial charge in [-0.3, -0.25) is 9.59 Å². The molecule has 1 aliphatic rings. The molecular formula is C23H19FN3O2+. The van der Waals surface area contributed by atoms with Gasteiger partial charge in [0, 0.05) is 16.7 Å². The molecule has 0 saturated carbocycles. The molecule has 1 aliphatic heterocycles. The number of carbonyl (C=O) groups is 2. The largest absolute Gasteiger partial charge is 0.334 e. The first kappa shape index (κ1) is 18.6. The van der Waals surface area contributed by atoms with Gasteiger partial charge in [0.2, 0.25) is 12.3 Å². The minimum absolute atomic E-state index is 0.288. The van der Waals surface area contributed by atoms with Gasteiger partial charge < -0.3 is 5.32 Å². The van der Waals surface area contributed by atoms with E-state index >= 15 is 0 Å². The van der Waals surface area contributed by atoms with Gasteiger partial charge in [-0.2, -0.15) is 0 Å². The smallest absolute Gasteiger partial charge is 0.304 e. The number of amides is 2. The van der Waals surface area contributed by atoms with Crippen LogP contribution in [0.1, 0.15) is 27.5 Å². The van der Waals surface area contributed by atoms with E-state index in [1.165, 1.54) is 24.3 Å². The molecule has 2 amide bonds. The molecule has 1 saturated heterocycles. The normalized spacial score (nSPS) is 19.8. The highest BCUT2D eigenvalue weighted by Crippen LogP contribution is 2.25. The Morgan fingerprint density at radius 3 is 2.21 bits per heavy atom. The third kappa shape index (κ3) is 4.06. The van der Waals surface area contributed by atoms with Crippen molar-refractivity contribution in [2.45, 2.75) is 12.1 Å². The van der Waals surface area contributed by atoms with Gasteiger partial charge in [0.15, 0.2) is 6.04 Å².